The molecule has 2 fully saturated rings. The Labute approximate surface area is 126 Å². The summed E-state index contributed by atoms with van der Waals surface area (Å²) in [5, 5.41) is 0. The minimum absolute atomic E-state index is 0.407. The van der Waals surface area contributed by atoms with E-state index in [-0.39, 0.29) is 0 Å². The monoisotopic (exact) mass is 284 g/mol. The lowest BCUT2D eigenvalue weighted by molar-refractivity contribution is 0.146. The van der Waals surface area contributed by atoms with Crippen LogP contribution in [0.3, 0.4) is 0 Å². The van der Waals surface area contributed by atoms with Crippen molar-refractivity contribution in [3.63, 3.8) is 0 Å². The largest absolute Gasteiger partial charge is 0.330 e. The van der Waals surface area contributed by atoms with Gasteiger partial charge in [-0.3, -0.25) is 4.90 Å². The van der Waals surface area contributed by atoms with Gasteiger partial charge in [0.2, 0.25) is 0 Å². The molecule has 4 rings (SSSR count). The van der Waals surface area contributed by atoms with Crippen molar-refractivity contribution in [3.8, 4) is 0 Å². The number of hydrogen-bond donors (Lipinski definition) is 1. The van der Waals surface area contributed by atoms with Crippen LogP contribution in [0, 0.1) is 5.92 Å². The third kappa shape index (κ3) is 2.47. The molecule has 2 N–H and O–H groups in total. The minimum atomic E-state index is 0.407. The number of rotatable bonds is 3. The molecule has 0 aromatic carbocycles. The molecule has 0 amide bonds. The Morgan fingerprint density at radius 3 is 2.86 bits per heavy atom. The maximum atomic E-state index is 6.12. The van der Waals surface area contributed by atoms with Gasteiger partial charge in [0.1, 0.15) is 5.65 Å². The zero-order valence-electron chi connectivity index (χ0n) is 12.5. The molecule has 1 aliphatic heterocycles. The molecule has 0 radical (unpaired) electrons. The van der Waals surface area contributed by atoms with Crippen LogP contribution in [0.4, 0.5) is 0 Å². The van der Waals surface area contributed by atoms with Crippen molar-refractivity contribution in [2.24, 2.45) is 11.7 Å². The van der Waals surface area contributed by atoms with Crippen LogP contribution < -0.4 is 5.73 Å². The van der Waals surface area contributed by atoms with Crippen LogP contribution in [-0.4, -0.2) is 33.4 Å². The Hall–Kier alpha value is -1.39. The van der Waals surface area contributed by atoms with E-state index in [1.807, 2.05) is 0 Å². The molecule has 0 bridgehead atoms. The van der Waals surface area contributed by atoms with E-state index in [2.05, 4.69) is 39.9 Å². The zero-order chi connectivity index (χ0) is 14.2. The molecule has 1 aliphatic carbocycles. The number of likely N-dealkylation sites (tertiary alicyclic amines) is 1. The predicted octanol–water partition coefficient (Wildman–Crippen LogP) is 2.60. The molecular weight excluding hydrogens is 260 g/mol. The van der Waals surface area contributed by atoms with Crippen molar-refractivity contribution < 1.29 is 0 Å². The highest BCUT2D eigenvalue weighted by molar-refractivity contribution is 5.40. The van der Waals surface area contributed by atoms with Crippen molar-refractivity contribution in [3.05, 3.63) is 36.3 Å². The van der Waals surface area contributed by atoms with Crippen LogP contribution in [-0.2, 0) is 0 Å². The molecule has 2 unspecified atom stereocenters. The van der Waals surface area contributed by atoms with E-state index in [0.29, 0.717) is 12.0 Å². The zero-order valence-corrected chi connectivity index (χ0v) is 12.5. The smallest absolute Gasteiger partial charge is 0.137 e. The molecule has 4 nitrogen and oxygen atoms in total. The third-order valence-electron chi connectivity index (χ3n) is 5.05. The van der Waals surface area contributed by atoms with E-state index >= 15 is 0 Å². The van der Waals surface area contributed by atoms with Gasteiger partial charge in [-0.2, -0.15) is 0 Å². The fraction of sp³-hybridized carbons (Fsp3) is 0.588. The maximum Gasteiger partial charge on any atom is 0.137 e. The molecule has 0 spiro atoms. The van der Waals surface area contributed by atoms with Gasteiger partial charge in [0, 0.05) is 18.4 Å². The second kappa shape index (κ2) is 5.43. The number of fused-ring (bicyclic) bond motifs is 1. The fourth-order valence-electron chi connectivity index (χ4n) is 3.84. The molecule has 112 valence electrons. The summed E-state index contributed by atoms with van der Waals surface area (Å²) in [5.74, 6) is 0.540. The standard InChI is InChI=1S/C17H24N4/c18-11-13-5-1-4-10-21(14-7-8-14)17(13)15-12-20-9-3-2-6-16(20)19-15/h2-3,6,9,12-14,17H,1,4-5,7-8,10-11,18H2. The molecule has 2 atom stereocenters. The van der Waals surface area contributed by atoms with Gasteiger partial charge in [-0.05, 0) is 56.8 Å². The van der Waals surface area contributed by atoms with E-state index in [1.54, 1.807) is 0 Å². The summed E-state index contributed by atoms with van der Waals surface area (Å²) in [6, 6.07) is 7.37. The second-order valence-corrected chi connectivity index (χ2v) is 6.54. The number of pyridine rings is 1. The van der Waals surface area contributed by atoms with Gasteiger partial charge < -0.3 is 10.1 Å². The first-order valence-corrected chi connectivity index (χ1v) is 8.26. The van der Waals surface area contributed by atoms with Crippen molar-refractivity contribution in [2.45, 2.75) is 44.2 Å². The van der Waals surface area contributed by atoms with E-state index in [1.165, 1.54) is 44.3 Å². The van der Waals surface area contributed by atoms with Crippen LogP contribution in [0.1, 0.15) is 43.8 Å². The average molecular weight is 284 g/mol. The number of nitrogens with zero attached hydrogens (tertiary/aromatic N) is 3. The van der Waals surface area contributed by atoms with Crippen LogP contribution in [0.5, 0.6) is 0 Å². The van der Waals surface area contributed by atoms with Crippen molar-refractivity contribution in [1.29, 1.82) is 0 Å². The molecule has 2 aromatic heterocycles. The predicted molar refractivity (Wildman–Crippen MR) is 84.1 cm³/mol. The molecule has 3 heterocycles. The molecule has 21 heavy (non-hydrogen) atoms. The van der Waals surface area contributed by atoms with Crippen molar-refractivity contribution >= 4 is 5.65 Å². The lowest BCUT2D eigenvalue weighted by atomic mass is 9.92. The first-order valence-electron chi connectivity index (χ1n) is 8.26. The van der Waals surface area contributed by atoms with Gasteiger partial charge in [0.05, 0.1) is 11.7 Å². The lowest BCUT2D eigenvalue weighted by Crippen LogP contribution is -2.37. The summed E-state index contributed by atoms with van der Waals surface area (Å²) >= 11 is 0. The van der Waals surface area contributed by atoms with Crippen LogP contribution in [0.25, 0.3) is 5.65 Å². The SMILES string of the molecule is NCC1CCCCN(C2CC2)C1c1cn2ccccc2n1. The first kappa shape index (κ1) is 13.3. The van der Waals surface area contributed by atoms with E-state index in [0.717, 1.165) is 18.2 Å². The van der Waals surface area contributed by atoms with Gasteiger partial charge in [-0.25, -0.2) is 4.98 Å². The maximum absolute atomic E-state index is 6.12. The highest BCUT2D eigenvalue weighted by atomic mass is 15.2. The van der Waals surface area contributed by atoms with Gasteiger partial charge in [0.15, 0.2) is 0 Å². The van der Waals surface area contributed by atoms with E-state index < -0.39 is 0 Å². The van der Waals surface area contributed by atoms with E-state index in [9.17, 15) is 0 Å². The quantitative estimate of drug-likeness (QED) is 0.942. The van der Waals surface area contributed by atoms with Gasteiger partial charge in [0.25, 0.3) is 0 Å². The topological polar surface area (TPSA) is 46.6 Å². The van der Waals surface area contributed by atoms with Crippen LogP contribution in [0.2, 0.25) is 0 Å². The Morgan fingerprint density at radius 2 is 2.10 bits per heavy atom. The van der Waals surface area contributed by atoms with Crippen molar-refractivity contribution in [2.75, 3.05) is 13.1 Å². The normalized spacial score (nSPS) is 27.9. The number of aromatic nitrogens is 2. The van der Waals surface area contributed by atoms with Crippen LogP contribution in [0.15, 0.2) is 30.6 Å². The molecule has 2 aromatic rings. The lowest BCUT2D eigenvalue weighted by Gasteiger charge is -2.33. The summed E-state index contributed by atoms with van der Waals surface area (Å²) in [6.45, 7) is 1.97. The van der Waals surface area contributed by atoms with Crippen molar-refractivity contribution in [1.82, 2.24) is 14.3 Å². The Kier molecular flexibility index (Phi) is 3.43. The molecular formula is C17H24N4. The summed E-state index contributed by atoms with van der Waals surface area (Å²) < 4.78 is 2.14. The first-order chi connectivity index (χ1) is 10.4. The summed E-state index contributed by atoms with van der Waals surface area (Å²) in [6.07, 6.45) is 10.8. The minimum Gasteiger partial charge on any atom is -0.330 e. The summed E-state index contributed by atoms with van der Waals surface area (Å²) in [4.78, 5) is 7.60. The Balaban J connectivity index is 1.75. The summed E-state index contributed by atoms with van der Waals surface area (Å²) in [7, 11) is 0. The van der Waals surface area contributed by atoms with E-state index in [4.69, 9.17) is 10.7 Å². The summed E-state index contributed by atoms with van der Waals surface area (Å²) in [5.41, 5.74) is 8.37. The number of hydrogen-bond acceptors (Lipinski definition) is 3. The molecule has 1 saturated heterocycles. The molecule has 4 heteroatoms. The van der Waals surface area contributed by atoms with Gasteiger partial charge >= 0.3 is 0 Å². The number of nitrogens with two attached hydrogens (primary N) is 1. The van der Waals surface area contributed by atoms with Gasteiger partial charge in [-0.1, -0.05) is 12.5 Å². The highest BCUT2D eigenvalue weighted by Crippen LogP contribution is 2.41. The number of imidazole rings is 1. The fourth-order valence-corrected chi connectivity index (χ4v) is 3.84. The second-order valence-electron chi connectivity index (χ2n) is 6.54. The molecule has 1 saturated carbocycles. The Morgan fingerprint density at radius 1 is 1.19 bits per heavy atom. The molecule has 2 aliphatic rings. The third-order valence-corrected chi connectivity index (χ3v) is 5.05. The average Bonchev–Trinajstić information content (AvgIpc) is 3.28. The van der Waals surface area contributed by atoms with Crippen LogP contribution >= 0.6 is 0 Å². The Bertz CT molecular complexity index is 583. The van der Waals surface area contributed by atoms with Gasteiger partial charge in [-0.15, -0.1) is 0 Å². The highest BCUT2D eigenvalue weighted by Gasteiger charge is 2.39.